The summed E-state index contributed by atoms with van der Waals surface area (Å²) in [6, 6.07) is 0. The van der Waals surface area contributed by atoms with Gasteiger partial charge in [0, 0.05) is 19.7 Å². The first-order chi connectivity index (χ1) is 8.09. The maximum atomic E-state index is 10.1. The Kier molecular flexibility index (Phi) is 6.41. The van der Waals surface area contributed by atoms with Crippen molar-refractivity contribution in [3.8, 4) is 0 Å². The van der Waals surface area contributed by atoms with E-state index in [-0.39, 0.29) is 0 Å². The van der Waals surface area contributed by atoms with E-state index in [0.717, 1.165) is 39.0 Å². The molecule has 1 aliphatic rings. The maximum Gasteiger partial charge on any atom is 0.0767 e. The van der Waals surface area contributed by atoms with Gasteiger partial charge in [-0.15, -0.1) is 0 Å². The number of ether oxygens (including phenoxy) is 1. The molecule has 0 aromatic heterocycles. The van der Waals surface area contributed by atoms with E-state index in [4.69, 9.17) is 10.5 Å². The number of likely N-dealkylation sites (N-methyl/N-ethyl adjacent to an activating group) is 1. The van der Waals surface area contributed by atoms with E-state index < -0.39 is 5.60 Å². The van der Waals surface area contributed by atoms with E-state index in [2.05, 4.69) is 11.9 Å². The molecule has 3 N–H and O–H groups in total. The van der Waals surface area contributed by atoms with Crippen molar-refractivity contribution in [3.63, 3.8) is 0 Å². The van der Waals surface area contributed by atoms with Crippen molar-refractivity contribution in [2.75, 3.05) is 33.3 Å². The van der Waals surface area contributed by atoms with Crippen LogP contribution in [0.5, 0.6) is 0 Å². The fraction of sp³-hybridized carbons (Fsp3) is 1.00. The van der Waals surface area contributed by atoms with Crippen LogP contribution in [0.3, 0.4) is 0 Å². The Morgan fingerprint density at radius 1 is 1.53 bits per heavy atom. The fourth-order valence-corrected chi connectivity index (χ4v) is 2.33. The molecule has 0 bridgehead atoms. The van der Waals surface area contributed by atoms with E-state index >= 15 is 0 Å². The smallest absolute Gasteiger partial charge is 0.0767 e. The molecule has 0 aromatic rings. The largest absolute Gasteiger partial charge is 0.389 e. The lowest BCUT2D eigenvalue weighted by Crippen LogP contribution is -2.38. The topological polar surface area (TPSA) is 58.7 Å². The molecule has 102 valence electrons. The van der Waals surface area contributed by atoms with Gasteiger partial charge >= 0.3 is 0 Å². The third-order valence-electron chi connectivity index (χ3n) is 3.76. The highest BCUT2D eigenvalue weighted by atomic mass is 16.5. The zero-order chi connectivity index (χ0) is 12.7. The Morgan fingerprint density at radius 2 is 2.29 bits per heavy atom. The van der Waals surface area contributed by atoms with E-state index in [1.54, 1.807) is 0 Å². The van der Waals surface area contributed by atoms with Crippen LogP contribution in [0.1, 0.15) is 39.0 Å². The Morgan fingerprint density at radius 3 is 2.82 bits per heavy atom. The molecule has 2 unspecified atom stereocenters. The lowest BCUT2D eigenvalue weighted by Gasteiger charge is -2.26. The van der Waals surface area contributed by atoms with Crippen LogP contribution in [0.4, 0.5) is 0 Å². The van der Waals surface area contributed by atoms with Gasteiger partial charge in [-0.1, -0.05) is 6.92 Å². The summed E-state index contributed by atoms with van der Waals surface area (Å²) in [7, 11) is 2.12. The minimum Gasteiger partial charge on any atom is -0.389 e. The molecular weight excluding hydrogens is 216 g/mol. The van der Waals surface area contributed by atoms with Gasteiger partial charge in [0.05, 0.1) is 11.7 Å². The van der Waals surface area contributed by atoms with E-state index in [0.29, 0.717) is 12.6 Å². The second kappa shape index (κ2) is 7.31. The first-order valence-corrected chi connectivity index (χ1v) is 6.82. The molecule has 0 amide bonds. The predicted molar refractivity (Wildman–Crippen MR) is 70.0 cm³/mol. The van der Waals surface area contributed by atoms with Crippen LogP contribution in [-0.2, 0) is 4.74 Å². The first kappa shape index (κ1) is 14.9. The van der Waals surface area contributed by atoms with Gasteiger partial charge in [0.25, 0.3) is 0 Å². The number of hydrogen-bond acceptors (Lipinski definition) is 4. The monoisotopic (exact) mass is 244 g/mol. The van der Waals surface area contributed by atoms with Crippen molar-refractivity contribution in [2.45, 2.75) is 50.7 Å². The van der Waals surface area contributed by atoms with E-state index in [1.807, 2.05) is 6.92 Å². The average Bonchev–Trinajstić information content (AvgIpc) is 2.81. The van der Waals surface area contributed by atoms with Crippen LogP contribution < -0.4 is 5.73 Å². The lowest BCUT2D eigenvalue weighted by atomic mass is 9.95. The van der Waals surface area contributed by atoms with Crippen LogP contribution in [0.25, 0.3) is 0 Å². The number of nitrogens with two attached hydrogens (primary N) is 1. The summed E-state index contributed by atoms with van der Waals surface area (Å²) in [5, 5.41) is 10.1. The summed E-state index contributed by atoms with van der Waals surface area (Å²) in [4.78, 5) is 2.29. The third-order valence-corrected chi connectivity index (χ3v) is 3.76. The highest BCUT2D eigenvalue weighted by Gasteiger charge is 2.22. The number of hydrogen-bond donors (Lipinski definition) is 2. The molecule has 1 heterocycles. The van der Waals surface area contributed by atoms with Crippen molar-refractivity contribution < 1.29 is 9.84 Å². The van der Waals surface area contributed by atoms with Crippen molar-refractivity contribution in [3.05, 3.63) is 0 Å². The third kappa shape index (κ3) is 5.34. The van der Waals surface area contributed by atoms with Gasteiger partial charge in [-0.05, 0) is 45.7 Å². The summed E-state index contributed by atoms with van der Waals surface area (Å²) in [6.45, 7) is 5.28. The Labute approximate surface area is 105 Å². The van der Waals surface area contributed by atoms with Gasteiger partial charge < -0.3 is 20.5 Å². The van der Waals surface area contributed by atoms with E-state index in [9.17, 15) is 5.11 Å². The second-order valence-electron chi connectivity index (χ2n) is 5.28. The second-order valence-corrected chi connectivity index (χ2v) is 5.28. The molecule has 0 radical (unpaired) electrons. The molecule has 4 heteroatoms. The molecule has 0 saturated carbocycles. The van der Waals surface area contributed by atoms with Gasteiger partial charge in [0.2, 0.25) is 0 Å². The molecule has 4 nitrogen and oxygen atoms in total. The molecule has 1 fully saturated rings. The molecule has 1 saturated heterocycles. The van der Waals surface area contributed by atoms with Gasteiger partial charge in [0.1, 0.15) is 0 Å². The molecule has 17 heavy (non-hydrogen) atoms. The highest BCUT2D eigenvalue weighted by molar-refractivity contribution is 4.78. The highest BCUT2D eigenvalue weighted by Crippen LogP contribution is 2.17. The number of nitrogens with zero attached hydrogens (tertiary/aromatic N) is 1. The lowest BCUT2D eigenvalue weighted by molar-refractivity contribution is 0.0300. The molecule has 2 atom stereocenters. The minimum atomic E-state index is -0.662. The quantitative estimate of drug-likeness (QED) is 0.668. The SMILES string of the molecule is CCC(O)(CN)CCCN(C)CC1CCCO1. The average molecular weight is 244 g/mol. The summed E-state index contributed by atoms with van der Waals surface area (Å²) < 4.78 is 5.60. The van der Waals surface area contributed by atoms with Gasteiger partial charge in [-0.2, -0.15) is 0 Å². The van der Waals surface area contributed by atoms with Crippen LogP contribution >= 0.6 is 0 Å². The van der Waals surface area contributed by atoms with Gasteiger partial charge in [-0.25, -0.2) is 0 Å². The van der Waals surface area contributed by atoms with Crippen LogP contribution in [0, 0.1) is 0 Å². The Balaban J connectivity index is 2.12. The molecule has 0 aromatic carbocycles. The summed E-state index contributed by atoms with van der Waals surface area (Å²) in [5.41, 5.74) is 4.92. The van der Waals surface area contributed by atoms with Crippen molar-refractivity contribution in [1.82, 2.24) is 4.90 Å². The Bertz CT molecular complexity index is 202. The zero-order valence-corrected chi connectivity index (χ0v) is 11.3. The summed E-state index contributed by atoms with van der Waals surface area (Å²) in [5.74, 6) is 0. The van der Waals surface area contributed by atoms with E-state index in [1.165, 1.54) is 12.8 Å². The van der Waals surface area contributed by atoms with Crippen molar-refractivity contribution in [2.24, 2.45) is 5.73 Å². The van der Waals surface area contributed by atoms with Crippen LogP contribution in [0.15, 0.2) is 0 Å². The minimum absolute atomic E-state index is 0.360. The fourth-order valence-electron chi connectivity index (χ4n) is 2.33. The number of aliphatic hydroxyl groups is 1. The number of rotatable bonds is 8. The molecule has 0 aliphatic carbocycles. The van der Waals surface area contributed by atoms with Crippen LogP contribution in [0.2, 0.25) is 0 Å². The summed E-state index contributed by atoms with van der Waals surface area (Å²) in [6.07, 6.45) is 5.31. The normalized spacial score (nSPS) is 24.2. The predicted octanol–water partition coefficient (Wildman–Crippen LogP) is 0.977. The first-order valence-electron chi connectivity index (χ1n) is 6.82. The molecule has 0 spiro atoms. The molecule has 1 rings (SSSR count). The zero-order valence-electron chi connectivity index (χ0n) is 11.3. The van der Waals surface area contributed by atoms with Gasteiger partial charge in [0.15, 0.2) is 0 Å². The van der Waals surface area contributed by atoms with Gasteiger partial charge in [-0.3, -0.25) is 0 Å². The molecular formula is C13H28N2O2. The summed E-state index contributed by atoms with van der Waals surface area (Å²) >= 11 is 0. The maximum absolute atomic E-state index is 10.1. The Hall–Kier alpha value is -0.160. The van der Waals surface area contributed by atoms with Crippen LogP contribution in [-0.4, -0.2) is 55.0 Å². The molecule has 1 aliphatic heterocycles. The standard InChI is InChI=1S/C13H28N2O2/c1-3-13(16,11-14)7-5-8-15(2)10-12-6-4-9-17-12/h12,16H,3-11,14H2,1-2H3. The van der Waals surface area contributed by atoms with Crippen molar-refractivity contribution in [1.29, 1.82) is 0 Å². The van der Waals surface area contributed by atoms with Crippen molar-refractivity contribution >= 4 is 0 Å².